The quantitative estimate of drug-likeness (QED) is 0.178. The van der Waals surface area contributed by atoms with E-state index in [1.165, 1.54) is 55.2 Å². The number of nitrogens with one attached hydrogen (secondary N) is 2. The minimum atomic E-state index is -0.617. The number of hydrogen-bond acceptors (Lipinski definition) is 8. The van der Waals surface area contributed by atoms with Gasteiger partial charge in [-0.2, -0.15) is 0 Å². The number of benzene rings is 10. The van der Waals surface area contributed by atoms with Gasteiger partial charge in [0.25, 0.3) is 0 Å². The second-order valence-corrected chi connectivity index (χ2v) is 21.8. The lowest BCUT2D eigenvalue weighted by molar-refractivity contribution is 0.0201. The van der Waals surface area contributed by atoms with Crippen molar-refractivity contribution in [2.75, 3.05) is 54.4 Å². The van der Waals surface area contributed by atoms with Crippen LogP contribution in [0.15, 0.2) is 170 Å². The van der Waals surface area contributed by atoms with E-state index in [-0.39, 0.29) is 17.6 Å². The molecule has 10 aromatic carbocycles. The number of fused-ring (bicyclic) bond motifs is 15. The maximum absolute atomic E-state index is 7.15. The van der Waals surface area contributed by atoms with Gasteiger partial charge in [-0.25, -0.2) is 0 Å². The number of likely N-dealkylation sites (N-methyl/N-ethyl adjacent to an activating group) is 2. The first kappa shape index (κ1) is 42.3. The van der Waals surface area contributed by atoms with Crippen molar-refractivity contribution < 1.29 is 18.9 Å². The molecule has 15 rings (SSSR count). The van der Waals surface area contributed by atoms with Gasteiger partial charge in [-0.3, -0.25) is 0 Å². The molecule has 8 heteroatoms. The Morgan fingerprint density at radius 3 is 1.26 bits per heavy atom. The van der Waals surface area contributed by atoms with Crippen LogP contribution in [-0.2, 0) is 10.8 Å². The lowest BCUT2D eigenvalue weighted by Crippen LogP contribution is -2.64. The van der Waals surface area contributed by atoms with Crippen molar-refractivity contribution in [2.45, 2.75) is 50.0 Å². The summed E-state index contributed by atoms with van der Waals surface area (Å²) < 4.78 is 27.0. The molecule has 0 aliphatic carbocycles. The van der Waals surface area contributed by atoms with E-state index >= 15 is 0 Å². The van der Waals surface area contributed by atoms with Gasteiger partial charge in [-0.05, 0) is 154 Å². The van der Waals surface area contributed by atoms with Crippen LogP contribution in [0.1, 0.15) is 38.8 Å². The van der Waals surface area contributed by atoms with Crippen molar-refractivity contribution in [1.29, 1.82) is 0 Å². The van der Waals surface area contributed by atoms with Crippen molar-refractivity contribution in [1.82, 2.24) is 0 Å². The average molecular weight is 955 g/mol. The number of rotatable bonds is 2. The highest BCUT2D eigenvalue weighted by Gasteiger charge is 2.61. The first-order chi connectivity index (χ1) is 35.4. The second kappa shape index (κ2) is 14.6. The van der Waals surface area contributed by atoms with Gasteiger partial charge < -0.3 is 39.4 Å². The fourth-order valence-electron chi connectivity index (χ4n) is 13.5. The minimum absolute atomic E-state index is 0.137. The highest BCUT2D eigenvalue weighted by atomic mass is 16.7. The molecule has 0 radical (unpaired) electrons. The Balaban J connectivity index is 0.764. The van der Waals surface area contributed by atoms with Crippen LogP contribution in [0.5, 0.6) is 23.0 Å². The smallest absolute Gasteiger partial charge is 0.230 e. The molecule has 0 saturated heterocycles. The largest absolute Gasteiger partial charge is 0.463 e. The van der Waals surface area contributed by atoms with E-state index in [9.17, 15) is 0 Å². The lowest BCUT2D eigenvalue weighted by atomic mass is 9.76. The zero-order valence-electron chi connectivity index (χ0n) is 41.8. The molecule has 5 aliphatic heterocycles. The van der Waals surface area contributed by atoms with E-state index in [2.05, 4.69) is 232 Å². The first-order valence-corrected chi connectivity index (χ1v) is 25.5. The van der Waals surface area contributed by atoms with Crippen LogP contribution in [0.2, 0.25) is 0 Å². The zero-order chi connectivity index (χ0) is 49.2. The fourth-order valence-corrected chi connectivity index (χ4v) is 13.5. The summed E-state index contributed by atoms with van der Waals surface area (Å²) in [5, 5.41) is 16.9. The Bertz CT molecular complexity index is 3790. The van der Waals surface area contributed by atoms with Crippen LogP contribution in [0.4, 0.5) is 22.7 Å². The molecule has 5 heterocycles. The lowest BCUT2D eigenvalue weighted by Gasteiger charge is -2.49. The van der Waals surface area contributed by atoms with Gasteiger partial charge in [0.05, 0.1) is 35.3 Å². The van der Waals surface area contributed by atoms with Gasteiger partial charge in [-0.1, -0.05) is 109 Å². The zero-order valence-corrected chi connectivity index (χ0v) is 41.8. The molecule has 8 nitrogen and oxygen atoms in total. The van der Waals surface area contributed by atoms with Crippen molar-refractivity contribution in [2.24, 2.45) is 0 Å². The summed E-state index contributed by atoms with van der Waals surface area (Å²) in [6.45, 7) is 10.7. The molecule has 0 unspecified atom stereocenters. The summed E-state index contributed by atoms with van der Waals surface area (Å²) in [6.07, 6.45) is 0. The summed E-state index contributed by atoms with van der Waals surface area (Å²) in [7, 11) is 4.34. The maximum Gasteiger partial charge on any atom is 0.230 e. The Morgan fingerprint density at radius 2 is 0.795 bits per heavy atom. The van der Waals surface area contributed by atoms with E-state index in [1.807, 2.05) is 0 Å². The van der Waals surface area contributed by atoms with Crippen LogP contribution in [0, 0.1) is 0 Å². The second-order valence-electron chi connectivity index (χ2n) is 21.8. The van der Waals surface area contributed by atoms with Crippen molar-refractivity contribution in [3.8, 4) is 56.4 Å². The Labute approximate surface area is 424 Å². The van der Waals surface area contributed by atoms with E-state index in [0.717, 1.165) is 78.2 Å². The molecule has 73 heavy (non-hydrogen) atoms. The molecule has 0 saturated carbocycles. The van der Waals surface area contributed by atoms with E-state index in [1.54, 1.807) is 0 Å². The standard InChI is InChI=1S/C65H54N4O4/c1-62(2)50-33-42(17-25-52(50)68(5)64(62)35-66-60-48-13-9-7-11-38(48)19-29-56(60)72-64)40-15-23-46-44(31-40)21-27-54-58(46)59-47-24-16-41(32-45(47)22-28-55(59)71-37-70-54)43-18-26-53-51(34-43)63(3,4)65(69(53)6)36-67-61-49-14-10-8-12-39(49)20-30-57(61)73-65/h7-34,66-67H,35-37H2,1-6H3/t64-,65-/m0/s1. The van der Waals surface area contributed by atoms with Gasteiger partial charge >= 0.3 is 0 Å². The summed E-state index contributed by atoms with van der Waals surface area (Å²) in [4.78, 5) is 4.68. The molecule has 0 fully saturated rings. The number of hydrogen-bond donors (Lipinski definition) is 2. The Kier molecular flexibility index (Phi) is 8.48. The van der Waals surface area contributed by atoms with Crippen molar-refractivity contribution >= 4 is 65.8 Å². The summed E-state index contributed by atoms with van der Waals surface area (Å²) in [6, 6.07) is 61.6. The summed E-state index contributed by atoms with van der Waals surface area (Å²) >= 11 is 0. The van der Waals surface area contributed by atoms with Gasteiger partial charge in [0.1, 0.15) is 23.0 Å². The monoisotopic (exact) mass is 954 g/mol. The van der Waals surface area contributed by atoms with Crippen LogP contribution >= 0.6 is 0 Å². The summed E-state index contributed by atoms with van der Waals surface area (Å²) in [5.74, 6) is 3.39. The van der Waals surface area contributed by atoms with Gasteiger partial charge in [0, 0.05) is 47.4 Å². The highest BCUT2D eigenvalue weighted by Crippen LogP contribution is 2.58. The molecule has 2 N–H and O–H groups in total. The molecule has 2 atom stereocenters. The minimum Gasteiger partial charge on any atom is -0.463 e. The third kappa shape index (κ3) is 5.61. The van der Waals surface area contributed by atoms with Crippen molar-refractivity contribution in [3.05, 3.63) is 181 Å². The molecule has 0 aromatic heterocycles. The molecular formula is C65H54N4O4. The fraction of sp³-hybridized carbons (Fsp3) is 0.200. The first-order valence-electron chi connectivity index (χ1n) is 25.5. The Hall–Kier alpha value is -8.36. The van der Waals surface area contributed by atoms with E-state index in [4.69, 9.17) is 18.9 Å². The third-order valence-electron chi connectivity index (χ3n) is 17.8. The molecule has 358 valence electrons. The van der Waals surface area contributed by atoms with Crippen LogP contribution < -0.4 is 39.4 Å². The summed E-state index contributed by atoms with van der Waals surface area (Å²) in [5.41, 5.74) is 11.8. The van der Waals surface area contributed by atoms with Gasteiger partial charge in [0.15, 0.2) is 0 Å². The van der Waals surface area contributed by atoms with E-state index < -0.39 is 11.4 Å². The number of nitrogens with zero attached hydrogens (tertiary/aromatic N) is 2. The molecule has 0 bridgehead atoms. The average Bonchev–Trinajstić information content (AvgIpc) is 3.57. The normalized spacial score (nSPS) is 20.4. The molecule has 2 spiro atoms. The topological polar surface area (TPSA) is 67.5 Å². The molecule has 10 aromatic rings. The predicted molar refractivity (Wildman–Crippen MR) is 298 cm³/mol. The Morgan fingerprint density at radius 1 is 0.397 bits per heavy atom. The predicted octanol–water partition coefficient (Wildman–Crippen LogP) is 14.9. The van der Waals surface area contributed by atoms with Gasteiger partial charge in [0.2, 0.25) is 18.2 Å². The molecule has 5 aliphatic rings. The maximum atomic E-state index is 7.15. The van der Waals surface area contributed by atoms with Gasteiger partial charge in [-0.15, -0.1) is 0 Å². The molecule has 0 amide bonds. The van der Waals surface area contributed by atoms with Crippen molar-refractivity contribution in [3.63, 3.8) is 0 Å². The molecular weight excluding hydrogens is 901 g/mol. The highest BCUT2D eigenvalue weighted by molar-refractivity contribution is 6.11. The van der Waals surface area contributed by atoms with Crippen LogP contribution in [0.25, 0.3) is 76.5 Å². The van der Waals surface area contributed by atoms with Crippen LogP contribution in [0.3, 0.4) is 0 Å². The van der Waals surface area contributed by atoms with E-state index in [0.29, 0.717) is 13.1 Å². The SMILES string of the molecule is CN1c2ccc(-c3ccc4c5c(ccc4c3)OCOc3ccc4cc(-c6ccc7c(c6)C(C)(C)[C@@]6(CNc8c(ccc9ccccc89)O6)N7C)ccc4c3-5)cc2C(C)(C)[C@@]12CNc1c(ccc3ccccc13)O2. The van der Waals surface area contributed by atoms with Crippen LogP contribution in [-0.4, -0.2) is 45.4 Å². The third-order valence-corrected chi connectivity index (χ3v) is 17.8. The number of anilines is 4. The number of ether oxygens (including phenoxy) is 4.